The molecule has 0 radical (unpaired) electrons. The number of aryl methyl sites for hydroxylation is 1. The van der Waals surface area contributed by atoms with Gasteiger partial charge in [-0.25, -0.2) is 12.8 Å². The zero-order chi connectivity index (χ0) is 20.4. The van der Waals surface area contributed by atoms with E-state index in [0.717, 1.165) is 22.9 Å². The Balaban J connectivity index is 1.53. The van der Waals surface area contributed by atoms with Gasteiger partial charge in [-0.15, -0.1) is 0 Å². The Labute approximate surface area is 169 Å². The number of fused-ring (bicyclic) bond motifs is 1. The molecule has 1 aliphatic rings. The highest BCUT2D eigenvalue weighted by molar-refractivity contribution is 7.89. The van der Waals surface area contributed by atoms with Gasteiger partial charge in [-0.1, -0.05) is 42.5 Å². The van der Waals surface area contributed by atoms with Crippen LogP contribution in [0.2, 0.25) is 0 Å². The van der Waals surface area contributed by atoms with Crippen LogP contribution >= 0.6 is 0 Å². The van der Waals surface area contributed by atoms with Gasteiger partial charge >= 0.3 is 0 Å². The first-order chi connectivity index (χ1) is 14.0. The largest absolute Gasteiger partial charge is 0.370 e. The van der Waals surface area contributed by atoms with Crippen molar-refractivity contribution in [2.45, 2.75) is 31.1 Å². The van der Waals surface area contributed by atoms with E-state index in [4.69, 9.17) is 4.74 Å². The number of aromatic nitrogens is 2. The first-order valence-electron chi connectivity index (χ1n) is 9.37. The molecule has 2 aromatic carbocycles. The molecule has 0 saturated carbocycles. The van der Waals surface area contributed by atoms with Crippen LogP contribution < -0.4 is 0 Å². The average Bonchev–Trinajstić information content (AvgIpc) is 3.04. The van der Waals surface area contributed by atoms with E-state index in [1.807, 2.05) is 37.4 Å². The highest BCUT2D eigenvalue weighted by Gasteiger charge is 2.33. The molecule has 0 bridgehead atoms. The van der Waals surface area contributed by atoms with Gasteiger partial charge in [-0.05, 0) is 17.7 Å². The second kappa shape index (κ2) is 8.06. The van der Waals surface area contributed by atoms with Crippen molar-refractivity contribution in [1.29, 1.82) is 0 Å². The molecule has 0 spiro atoms. The van der Waals surface area contributed by atoms with Crippen molar-refractivity contribution in [2.75, 3.05) is 6.54 Å². The van der Waals surface area contributed by atoms with Crippen LogP contribution in [0, 0.1) is 5.82 Å². The first-order valence-corrected chi connectivity index (χ1v) is 10.8. The van der Waals surface area contributed by atoms with Crippen molar-refractivity contribution in [2.24, 2.45) is 7.05 Å². The van der Waals surface area contributed by atoms with Gasteiger partial charge < -0.3 is 4.74 Å². The molecule has 152 valence electrons. The fourth-order valence-electron chi connectivity index (χ4n) is 3.60. The molecule has 3 aromatic rings. The predicted molar refractivity (Wildman–Crippen MR) is 106 cm³/mol. The zero-order valence-corrected chi connectivity index (χ0v) is 16.9. The van der Waals surface area contributed by atoms with Crippen LogP contribution in [0.5, 0.6) is 0 Å². The Bertz CT molecular complexity index is 1110. The third-order valence-electron chi connectivity index (χ3n) is 5.10. The highest BCUT2D eigenvalue weighted by atomic mass is 32.2. The Morgan fingerprint density at radius 1 is 1.07 bits per heavy atom. The number of halogens is 1. The maximum absolute atomic E-state index is 14.1. The van der Waals surface area contributed by atoms with E-state index in [9.17, 15) is 12.8 Å². The third-order valence-corrected chi connectivity index (χ3v) is 6.97. The Hall–Kier alpha value is -2.55. The second-order valence-electron chi connectivity index (χ2n) is 6.99. The number of benzene rings is 2. The zero-order valence-electron chi connectivity index (χ0n) is 16.1. The minimum Gasteiger partial charge on any atom is -0.370 e. The number of hydrogen-bond acceptors (Lipinski definition) is 4. The van der Waals surface area contributed by atoms with E-state index in [1.54, 1.807) is 4.68 Å². The van der Waals surface area contributed by atoms with E-state index in [2.05, 4.69) is 5.10 Å². The summed E-state index contributed by atoms with van der Waals surface area (Å²) in [5, 5.41) is 4.53. The van der Waals surface area contributed by atoms with Gasteiger partial charge in [-0.3, -0.25) is 4.68 Å². The molecule has 29 heavy (non-hydrogen) atoms. The molecular formula is C21H22FN3O3S. The summed E-state index contributed by atoms with van der Waals surface area (Å²) in [6.45, 7) is 1.17. The molecule has 0 aliphatic carbocycles. The van der Waals surface area contributed by atoms with Crippen molar-refractivity contribution < 1.29 is 17.5 Å². The van der Waals surface area contributed by atoms with Crippen LogP contribution in [-0.2, 0) is 48.0 Å². The lowest BCUT2D eigenvalue weighted by molar-refractivity contribution is 0.103. The van der Waals surface area contributed by atoms with Crippen LogP contribution in [0.25, 0.3) is 0 Å². The minimum absolute atomic E-state index is 0.157. The van der Waals surface area contributed by atoms with Gasteiger partial charge in [-0.2, -0.15) is 9.40 Å². The molecule has 8 heteroatoms. The summed E-state index contributed by atoms with van der Waals surface area (Å²) < 4.78 is 48.9. The average molecular weight is 415 g/mol. The van der Waals surface area contributed by atoms with Gasteiger partial charge in [0.15, 0.2) is 0 Å². The minimum atomic E-state index is -3.93. The van der Waals surface area contributed by atoms with Gasteiger partial charge in [0.25, 0.3) is 0 Å². The number of hydrogen-bond donors (Lipinski definition) is 0. The fourth-order valence-corrected chi connectivity index (χ4v) is 5.07. The van der Waals surface area contributed by atoms with Crippen molar-refractivity contribution in [1.82, 2.24) is 14.1 Å². The monoisotopic (exact) mass is 415 g/mol. The predicted octanol–water partition coefficient (Wildman–Crippen LogP) is 3.02. The summed E-state index contributed by atoms with van der Waals surface area (Å²) in [7, 11) is -2.08. The van der Waals surface area contributed by atoms with Crippen LogP contribution in [0.3, 0.4) is 0 Å². The van der Waals surface area contributed by atoms with Gasteiger partial charge in [0.05, 0.1) is 18.9 Å². The number of ether oxygens (including phenoxy) is 1. The standard InChI is InChI=1S/C21H22FN3O3S/c1-24-20-11-12-25(29(26,27)21-10-6-5-9-18(21)22)13-17(20)19(23-24)15-28-14-16-7-3-2-4-8-16/h2-10H,11-15H2,1H3. The molecule has 6 nitrogen and oxygen atoms in total. The Kier molecular flexibility index (Phi) is 5.49. The van der Waals surface area contributed by atoms with E-state index >= 15 is 0 Å². The van der Waals surface area contributed by atoms with Crippen molar-refractivity contribution in [3.05, 3.63) is 82.9 Å². The molecule has 0 amide bonds. The molecule has 0 unspecified atom stereocenters. The molecule has 1 aliphatic heterocycles. The lowest BCUT2D eigenvalue weighted by Gasteiger charge is -2.27. The van der Waals surface area contributed by atoms with Crippen LogP contribution in [-0.4, -0.2) is 29.0 Å². The molecule has 0 fully saturated rings. The first kappa shape index (κ1) is 19.8. The maximum Gasteiger partial charge on any atom is 0.246 e. The molecule has 0 N–H and O–H groups in total. The van der Waals surface area contributed by atoms with Crippen LogP contribution in [0.1, 0.15) is 22.5 Å². The van der Waals surface area contributed by atoms with Crippen LogP contribution in [0.4, 0.5) is 4.39 Å². The molecule has 0 saturated heterocycles. The molecule has 1 aromatic heterocycles. The SMILES string of the molecule is Cn1nc(COCc2ccccc2)c2c1CCN(S(=O)(=O)c1ccccc1F)C2. The summed E-state index contributed by atoms with van der Waals surface area (Å²) in [6, 6.07) is 15.3. The quantitative estimate of drug-likeness (QED) is 0.621. The Morgan fingerprint density at radius 2 is 1.79 bits per heavy atom. The number of nitrogens with zero attached hydrogens (tertiary/aromatic N) is 3. The summed E-state index contributed by atoms with van der Waals surface area (Å²) in [4.78, 5) is -0.297. The highest BCUT2D eigenvalue weighted by Crippen LogP contribution is 2.28. The fraction of sp³-hybridized carbons (Fsp3) is 0.286. The Morgan fingerprint density at radius 3 is 2.55 bits per heavy atom. The van der Waals surface area contributed by atoms with Crippen molar-refractivity contribution in [3.8, 4) is 0 Å². The molecule has 4 rings (SSSR count). The number of sulfonamides is 1. The normalized spacial score (nSPS) is 14.7. The lowest BCUT2D eigenvalue weighted by atomic mass is 10.1. The molecule has 2 heterocycles. The van der Waals surface area contributed by atoms with Crippen molar-refractivity contribution in [3.63, 3.8) is 0 Å². The maximum atomic E-state index is 14.1. The summed E-state index contributed by atoms with van der Waals surface area (Å²) in [6.07, 6.45) is 0.519. The number of rotatable bonds is 6. The lowest BCUT2D eigenvalue weighted by Crippen LogP contribution is -2.36. The van der Waals surface area contributed by atoms with Gasteiger partial charge in [0.2, 0.25) is 10.0 Å². The van der Waals surface area contributed by atoms with Crippen molar-refractivity contribution >= 4 is 10.0 Å². The third kappa shape index (κ3) is 3.96. The summed E-state index contributed by atoms with van der Waals surface area (Å²) >= 11 is 0. The molecular weight excluding hydrogens is 393 g/mol. The topological polar surface area (TPSA) is 64.4 Å². The second-order valence-corrected chi connectivity index (χ2v) is 8.90. The van der Waals surface area contributed by atoms with Gasteiger partial charge in [0.1, 0.15) is 10.7 Å². The molecule has 0 atom stereocenters. The van der Waals surface area contributed by atoms with E-state index in [0.29, 0.717) is 18.7 Å². The van der Waals surface area contributed by atoms with Crippen LogP contribution in [0.15, 0.2) is 59.5 Å². The van der Waals surface area contributed by atoms with Gasteiger partial charge in [0, 0.05) is 37.8 Å². The van der Waals surface area contributed by atoms with E-state index in [-0.39, 0.29) is 24.6 Å². The summed E-state index contributed by atoms with van der Waals surface area (Å²) in [5.41, 5.74) is 3.60. The smallest absolute Gasteiger partial charge is 0.246 e. The van der Waals surface area contributed by atoms with E-state index < -0.39 is 15.8 Å². The van der Waals surface area contributed by atoms with E-state index in [1.165, 1.54) is 22.5 Å². The summed E-state index contributed by atoms with van der Waals surface area (Å²) in [5.74, 6) is -0.740.